The van der Waals surface area contributed by atoms with E-state index in [1.165, 1.54) is 6.42 Å². The highest BCUT2D eigenvalue weighted by molar-refractivity contribution is 5.10. The first kappa shape index (κ1) is 18.1. The Hall–Kier alpha value is -0.280. The first-order chi connectivity index (χ1) is 11.9. The topological polar surface area (TPSA) is 75.6 Å². The second-order valence-electron chi connectivity index (χ2n) is 8.25. The lowest BCUT2D eigenvalue weighted by Crippen LogP contribution is -2.63. The fraction of sp³-hybridized carbons (Fsp3) is 1.00. The molecular formula is C18H30O7. The van der Waals surface area contributed by atoms with Gasteiger partial charge in [-0.2, -0.15) is 0 Å². The summed E-state index contributed by atoms with van der Waals surface area (Å²) in [6.45, 7) is 4.20. The Labute approximate surface area is 148 Å². The van der Waals surface area contributed by atoms with Crippen molar-refractivity contribution < 1.29 is 33.5 Å². The predicted molar refractivity (Wildman–Crippen MR) is 86.8 cm³/mol. The highest BCUT2D eigenvalue weighted by atomic mass is 16.8. The fourth-order valence-corrected chi connectivity index (χ4v) is 4.79. The average molecular weight is 358 g/mol. The van der Waals surface area contributed by atoms with Gasteiger partial charge in [-0.3, -0.25) is 0 Å². The first-order valence-corrected chi connectivity index (χ1v) is 9.37. The third kappa shape index (κ3) is 3.14. The van der Waals surface area contributed by atoms with Crippen LogP contribution in [0.2, 0.25) is 0 Å². The van der Waals surface area contributed by atoms with Crippen LogP contribution in [0.15, 0.2) is 0 Å². The normalized spacial score (nSPS) is 45.1. The van der Waals surface area contributed by atoms with Crippen LogP contribution in [0.3, 0.4) is 0 Å². The molecule has 0 aromatic rings. The van der Waals surface area contributed by atoms with Crippen molar-refractivity contribution in [3.8, 4) is 0 Å². The number of hydrogen-bond donors (Lipinski definition) is 1. The van der Waals surface area contributed by atoms with Gasteiger partial charge in [0.05, 0.1) is 12.7 Å². The maximum Gasteiger partial charge on any atom is 0.169 e. The molecule has 7 nitrogen and oxygen atoms in total. The van der Waals surface area contributed by atoms with E-state index < -0.39 is 29.4 Å². The Balaban J connectivity index is 1.60. The van der Waals surface area contributed by atoms with E-state index >= 15 is 0 Å². The number of aliphatic hydroxyl groups excluding tert-OH is 1. The highest BCUT2D eigenvalue weighted by Gasteiger charge is 2.65. The minimum absolute atomic E-state index is 0.167. The highest BCUT2D eigenvalue weighted by Crippen LogP contribution is 2.50. The van der Waals surface area contributed by atoms with Crippen molar-refractivity contribution in [2.45, 2.75) is 94.0 Å². The number of hydrogen-bond acceptors (Lipinski definition) is 7. The van der Waals surface area contributed by atoms with Crippen molar-refractivity contribution in [1.29, 1.82) is 0 Å². The lowest BCUT2D eigenvalue weighted by molar-refractivity contribution is -0.241. The van der Waals surface area contributed by atoms with Crippen LogP contribution < -0.4 is 0 Å². The Morgan fingerprint density at radius 3 is 2.44 bits per heavy atom. The number of ether oxygens (including phenoxy) is 6. The van der Waals surface area contributed by atoms with Crippen LogP contribution in [0.1, 0.15) is 52.4 Å². The van der Waals surface area contributed by atoms with E-state index in [0.717, 1.165) is 25.7 Å². The molecular weight excluding hydrogens is 328 g/mol. The van der Waals surface area contributed by atoms with E-state index in [0.29, 0.717) is 13.0 Å². The molecule has 1 N–H and O–H groups in total. The van der Waals surface area contributed by atoms with Crippen LogP contribution in [0, 0.1) is 0 Å². The monoisotopic (exact) mass is 358 g/mol. The number of methoxy groups -OCH3 is 1. The Morgan fingerprint density at radius 1 is 1.08 bits per heavy atom. The van der Waals surface area contributed by atoms with Crippen LogP contribution in [0.4, 0.5) is 0 Å². The predicted octanol–water partition coefficient (Wildman–Crippen LogP) is 1.71. The third-order valence-corrected chi connectivity index (χ3v) is 5.92. The molecule has 0 aromatic heterocycles. The first-order valence-electron chi connectivity index (χ1n) is 9.37. The van der Waals surface area contributed by atoms with Gasteiger partial charge in [-0.25, -0.2) is 0 Å². The van der Waals surface area contributed by atoms with E-state index in [1.54, 1.807) is 7.11 Å². The number of rotatable bonds is 3. The molecule has 2 saturated heterocycles. The lowest BCUT2D eigenvalue weighted by atomic mass is 9.77. The van der Waals surface area contributed by atoms with Gasteiger partial charge in [0, 0.05) is 26.4 Å². The van der Waals surface area contributed by atoms with Gasteiger partial charge in [-0.05, 0) is 26.7 Å². The number of aliphatic hydroxyl groups is 1. The van der Waals surface area contributed by atoms with E-state index in [2.05, 4.69) is 0 Å². The molecule has 0 amide bonds. The van der Waals surface area contributed by atoms with Crippen LogP contribution in [0.5, 0.6) is 0 Å². The molecule has 4 fully saturated rings. The standard InChI is InChI=1S/C18H30O7/c1-16(2)22-10-17(25-16)9-12(21-11-20-3)13-14(15(17)19)24-18(23-13)7-5-4-6-8-18/h12-15,19H,4-11H2,1-3H3/t12-,13+,14+,15-,17-/m1/s1. The summed E-state index contributed by atoms with van der Waals surface area (Å²) in [6.07, 6.45) is 3.68. The zero-order chi connectivity index (χ0) is 17.7. The molecule has 4 aliphatic rings. The van der Waals surface area contributed by atoms with Gasteiger partial charge >= 0.3 is 0 Å². The van der Waals surface area contributed by atoms with Gasteiger partial charge in [0.15, 0.2) is 11.6 Å². The summed E-state index contributed by atoms with van der Waals surface area (Å²) in [7, 11) is 1.60. The summed E-state index contributed by atoms with van der Waals surface area (Å²) in [5.41, 5.74) is -0.841. The van der Waals surface area contributed by atoms with Crippen LogP contribution >= 0.6 is 0 Å². The summed E-state index contributed by atoms with van der Waals surface area (Å²) in [5.74, 6) is -1.33. The van der Waals surface area contributed by atoms with Crippen molar-refractivity contribution in [3.05, 3.63) is 0 Å². The van der Waals surface area contributed by atoms with Crippen LogP contribution in [-0.2, 0) is 28.4 Å². The Kier molecular flexibility index (Phi) is 4.64. The minimum Gasteiger partial charge on any atom is -0.387 e. The van der Waals surface area contributed by atoms with E-state index in [-0.39, 0.29) is 19.0 Å². The van der Waals surface area contributed by atoms with Crippen molar-refractivity contribution in [3.63, 3.8) is 0 Å². The molecule has 0 radical (unpaired) electrons. The summed E-state index contributed by atoms with van der Waals surface area (Å²) in [6, 6.07) is 0. The zero-order valence-electron chi connectivity index (χ0n) is 15.4. The SMILES string of the molecule is COCO[C@@H]1C[C@@]2(COC(C)(C)O2)[C@H](O)[C@H]2OC3(CCCCC3)O[C@H]21. The summed E-state index contributed by atoms with van der Waals surface area (Å²) in [4.78, 5) is 0. The summed E-state index contributed by atoms with van der Waals surface area (Å²) < 4.78 is 35.6. The molecule has 4 rings (SSSR count). The van der Waals surface area contributed by atoms with Crippen molar-refractivity contribution in [1.82, 2.24) is 0 Å². The Bertz CT molecular complexity index is 490. The van der Waals surface area contributed by atoms with Gasteiger partial charge in [-0.15, -0.1) is 0 Å². The molecule has 2 aliphatic carbocycles. The molecule has 2 heterocycles. The second-order valence-corrected chi connectivity index (χ2v) is 8.25. The van der Waals surface area contributed by atoms with Gasteiger partial charge in [0.25, 0.3) is 0 Å². The minimum atomic E-state index is -0.841. The second kappa shape index (κ2) is 6.41. The van der Waals surface area contributed by atoms with Gasteiger partial charge in [0.1, 0.15) is 30.7 Å². The van der Waals surface area contributed by atoms with Gasteiger partial charge in [-0.1, -0.05) is 6.42 Å². The zero-order valence-corrected chi connectivity index (χ0v) is 15.4. The molecule has 0 bridgehead atoms. The molecule has 5 atom stereocenters. The van der Waals surface area contributed by atoms with Crippen LogP contribution in [-0.4, -0.2) is 67.2 Å². The van der Waals surface area contributed by atoms with Crippen molar-refractivity contribution in [2.24, 2.45) is 0 Å². The molecule has 0 unspecified atom stereocenters. The Morgan fingerprint density at radius 2 is 1.80 bits per heavy atom. The fourth-order valence-electron chi connectivity index (χ4n) is 4.79. The van der Waals surface area contributed by atoms with Gasteiger partial charge in [0.2, 0.25) is 0 Å². The van der Waals surface area contributed by atoms with Crippen LogP contribution in [0.25, 0.3) is 0 Å². The van der Waals surface area contributed by atoms with E-state index in [9.17, 15) is 5.11 Å². The smallest absolute Gasteiger partial charge is 0.169 e. The molecule has 2 saturated carbocycles. The maximum atomic E-state index is 11.1. The lowest BCUT2D eigenvalue weighted by Gasteiger charge is -2.45. The molecule has 2 spiro atoms. The summed E-state index contributed by atoms with van der Waals surface area (Å²) in [5, 5.41) is 11.1. The average Bonchev–Trinajstić information content (AvgIpc) is 3.09. The molecule has 144 valence electrons. The van der Waals surface area contributed by atoms with Crippen molar-refractivity contribution >= 4 is 0 Å². The molecule has 2 aliphatic heterocycles. The summed E-state index contributed by atoms with van der Waals surface area (Å²) >= 11 is 0. The molecule has 25 heavy (non-hydrogen) atoms. The third-order valence-electron chi connectivity index (χ3n) is 5.92. The maximum absolute atomic E-state index is 11.1. The largest absolute Gasteiger partial charge is 0.387 e. The van der Waals surface area contributed by atoms with E-state index in [1.807, 2.05) is 13.8 Å². The van der Waals surface area contributed by atoms with Crippen molar-refractivity contribution in [2.75, 3.05) is 20.5 Å². The number of fused-ring (bicyclic) bond motifs is 1. The molecule has 0 aromatic carbocycles. The quantitative estimate of drug-likeness (QED) is 0.770. The molecule has 7 heteroatoms. The van der Waals surface area contributed by atoms with E-state index in [4.69, 9.17) is 28.4 Å². The van der Waals surface area contributed by atoms with Gasteiger partial charge < -0.3 is 33.5 Å².